The van der Waals surface area contributed by atoms with Crippen molar-refractivity contribution in [1.29, 1.82) is 0 Å². The van der Waals surface area contributed by atoms with Crippen molar-refractivity contribution in [1.82, 2.24) is 5.32 Å². The van der Waals surface area contributed by atoms with Crippen LogP contribution in [-0.4, -0.2) is 12.5 Å². The van der Waals surface area contributed by atoms with Crippen LogP contribution in [0.25, 0.3) is 17.2 Å². The summed E-state index contributed by atoms with van der Waals surface area (Å²) in [5.74, 6) is -1.97. The summed E-state index contributed by atoms with van der Waals surface area (Å²) in [6, 6.07) is 7.73. The fourth-order valence-corrected chi connectivity index (χ4v) is 3.17. The zero-order chi connectivity index (χ0) is 18.0. The molecule has 0 spiro atoms. The van der Waals surface area contributed by atoms with Crippen LogP contribution >= 0.6 is 11.6 Å². The molecule has 3 rings (SSSR count). The molecule has 0 aromatic heterocycles. The van der Waals surface area contributed by atoms with Gasteiger partial charge in [0.15, 0.2) is 11.6 Å². The Kier molecular flexibility index (Phi) is 5.19. The summed E-state index contributed by atoms with van der Waals surface area (Å²) in [5, 5.41) is 3.35. The SMILES string of the molecule is Cc1c(/C=C2\CCCCNC2=O)cc(F)c(F)c1-c1ccc(Cl)cc1. The first-order chi connectivity index (χ1) is 12.0. The lowest BCUT2D eigenvalue weighted by Gasteiger charge is -2.13. The standard InChI is InChI=1S/C20H18ClF2NO/c1-12-15(10-14-4-2-3-9-24-20(14)25)11-17(22)19(23)18(12)13-5-7-16(21)8-6-13/h5-8,10-11H,2-4,9H2,1H3,(H,24,25)/b14-10+. The molecular weight excluding hydrogens is 344 g/mol. The van der Waals surface area contributed by atoms with Gasteiger partial charge in [0.05, 0.1) is 0 Å². The Labute approximate surface area is 150 Å². The molecule has 0 aliphatic carbocycles. The predicted octanol–water partition coefficient (Wildman–Crippen LogP) is 5.28. The number of rotatable bonds is 2. The highest BCUT2D eigenvalue weighted by Crippen LogP contribution is 2.33. The van der Waals surface area contributed by atoms with E-state index < -0.39 is 11.6 Å². The minimum atomic E-state index is -0.934. The molecule has 2 aromatic carbocycles. The van der Waals surface area contributed by atoms with Crippen molar-refractivity contribution < 1.29 is 13.6 Å². The Morgan fingerprint density at radius 2 is 1.88 bits per heavy atom. The molecule has 0 atom stereocenters. The van der Waals surface area contributed by atoms with Crippen molar-refractivity contribution in [2.45, 2.75) is 26.2 Å². The molecule has 5 heteroatoms. The maximum atomic E-state index is 14.4. The van der Waals surface area contributed by atoms with E-state index in [4.69, 9.17) is 11.6 Å². The number of benzene rings is 2. The molecule has 0 unspecified atom stereocenters. The van der Waals surface area contributed by atoms with Crippen molar-refractivity contribution in [2.75, 3.05) is 6.54 Å². The predicted molar refractivity (Wildman–Crippen MR) is 96.4 cm³/mol. The molecule has 0 bridgehead atoms. The van der Waals surface area contributed by atoms with Crippen LogP contribution in [0.2, 0.25) is 5.02 Å². The summed E-state index contributed by atoms with van der Waals surface area (Å²) >= 11 is 5.88. The number of halogens is 3. The Balaban J connectivity index is 2.12. The summed E-state index contributed by atoms with van der Waals surface area (Å²) < 4.78 is 28.6. The van der Waals surface area contributed by atoms with Crippen molar-refractivity contribution in [3.05, 3.63) is 63.7 Å². The first-order valence-corrected chi connectivity index (χ1v) is 8.58. The van der Waals surface area contributed by atoms with Gasteiger partial charge in [0.2, 0.25) is 5.91 Å². The van der Waals surface area contributed by atoms with Gasteiger partial charge in [-0.1, -0.05) is 23.7 Å². The first-order valence-electron chi connectivity index (χ1n) is 8.20. The van der Waals surface area contributed by atoms with Gasteiger partial charge in [-0.3, -0.25) is 4.79 Å². The van der Waals surface area contributed by atoms with Crippen LogP contribution in [0.3, 0.4) is 0 Å². The van der Waals surface area contributed by atoms with E-state index in [1.54, 1.807) is 37.3 Å². The van der Waals surface area contributed by atoms with Crippen LogP contribution in [0, 0.1) is 18.6 Å². The quantitative estimate of drug-likeness (QED) is 0.725. The zero-order valence-electron chi connectivity index (χ0n) is 13.8. The molecule has 2 aromatic rings. The maximum Gasteiger partial charge on any atom is 0.247 e. The van der Waals surface area contributed by atoms with Crippen molar-refractivity contribution in [2.24, 2.45) is 0 Å². The highest BCUT2D eigenvalue weighted by molar-refractivity contribution is 6.30. The molecule has 25 heavy (non-hydrogen) atoms. The van der Waals surface area contributed by atoms with Gasteiger partial charge >= 0.3 is 0 Å². The van der Waals surface area contributed by atoms with E-state index in [2.05, 4.69) is 5.32 Å². The molecule has 1 aliphatic rings. The normalized spacial score (nSPS) is 16.6. The molecule has 1 N–H and O–H groups in total. The van der Waals surface area contributed by atoms with E-state index >= 15 is 0 Å². The zero-order valence-corrected chi connectivity index (χ0v) is 14.6. The second-order valence-electron chi connectivity index (χ2n) is 6.15. The van der Waals surface area contributed by atoms with Crippen LogP contribution in [-0.2, 0) is 4.79 Å². The van der Waals surface area contributed by atoms with Gasteiger partial charge in [-0.25, -0.2) is 8.78 Å². The second-order valence-corrected chi connectivity index (χ2v) is 6.59. The Morgan fingerprint density at radius 3 is 2.60 bits per heavy atom. The van der Waals surface area contributed by atoms with Gasteiger partial charge in [0, 0.05) is 22.7 Å². The Morgan fingerprint density at radius 1 is 1.16 bits per heavy atom. The average molecular weight is 362 g/mol. The summed E-state index contributed by atoms with van der Waals surface area (Å²) in [7, 11) is 0. The topological polar surface area (TPSA) is 29.1 Å². The molecule has 2 nitrogen and oxygen atoms in total. The average Bonchev–Trinajstić information content (AvgIpc) is 2.79. The maximum absolute atomic E-state index is 14.4. The van der Waals surface area contributed by atoms with Gasteiger partial charge in [0.25, 0.3) is 0 Å². The van der Waals surface area contributed by atoms with Crippen molar-refractivity contribution >= 4 is 23.6 Å². The van der Waals surface area contributed by atoms with Crippen LogP contribution in [0.4, 0.5) is 8.78 Å². The lowest BCUT2D eigenvalue weighted by Crippen LogP contribution is -2.23. The third kappa shape index (κ3) is 3.74. The second kappa shape index (κ2) is 7.36. The minimum absolute atomic E-state index is 0.144. The van der Waals surface area contributed by atoms with Crippen LogP contribution in [0.5, 0.6) is 0 Å². The minimum Gasteiger partial charge on any atom is -0.352 e. The van der Waals surface area contributed by atoms with E-state index in [0.29, 0.717) is 40.3 Å². The Bertz CT molecular complexity index is 844. The van der Waals surface area contributed by atoms with Crippen molar-refractivity contribution in [3.63, 3.8) is 0 Å². The molecular formula is C20H18ClF2NO. The Hall–Kier alpha value is -2.20. The summed E-state index contributed by atoms with van der Waals surface area (Å²) in [6.45, 7) is 2.37. The highest BCUT2D eigenvalue weighted by Gasteiger charge is 2.19. The van der Waals surface area contributed by atoms with E-state index in [9.17, 15) is 13.6 Å². The molecule has 1 saturated heterocycles. The lowest BCUT2D eigenvalue weighted by atomic mass is 9.93. The van der Waals surface area contributed by atoms with Gasteiger partial charge in [-0.15, -0.1) is 0 Å². The molecule has 0 saturated carbocycles. The molecule has 0 radical (unpaired) electrons. The van der Waals surface area contributed by atoms with Crippen LogP contribution in [0.15, 0.2) is 35.9 Å². The van der Waals surface area contributed by atoms with E-state index in [0.717, 1.165) is 18.9 Å². The molecule has 1 aliphatic heterocycles. The van der Waals surface area contributed by atoms with Gasteiger partial charge in [-0.2, -0.15) is 0 Å². The number of amides is 1. The highest BCUT2D eigenvalue weighted by atomic mass is 35.5. The number of carbonyl (C=O) groups is 1. The third-order valence-electron chi connectivity index (χ3n) is 4.43. The largest absolute Gasteiger partial charge is 0.352 e. The molecule has 1 amide bonds. The van der Waals surface area contributed by atoms with Crippen LogP contribution < -0.4 is 5.32 Å². The van der Waals surface area contributed by atoms with E-state index in [1.807, 2.05) is 0 Å². The van der Waals surface area contributed by atoms with Crippen LogP contribution in [0.1, 0.15) is 30.4 Å². The van der Waals surface area contributed by atoms with Gasteiger partial charge in [0.1, 0.15) is 0 Å². The molecule has 1 heterocycles. The fourth-order valence-electron chi connectivity index (χ4n) is 3.04. The van der Waals surface area contributed by atoms with E-state index in [1.165, 1.54) is 0 Å². The fraction of sp³-hybridized carbons (Fsp3) is 0.250. The monoisotopic (exact) mass is 361 g/mol. The summed E-state index contributed by atoms with van der Waals surface area (Å²) in [4.78, 5) is 12.1. The number of hydrogen-bond acceptors (Lipinski definition) is 1. The number of carbonyl (C=O) groups excluding carboxylic acids is 1. The lowest BCUT2D eigenvalue weighted by molar-refractivity contribution is -0.117. The van der Waals surface area contributed by atoms with Gasteiger partial charge < -0.3 is 5.32 Å². The molecule has 130 valence electrons. The summed E-state index contributed by atoms with van der Waals surface area (Å²) in [6.07, 6.45) is 4.09. The van der Waals surface area contributed by atoms with Crippen molar-refractivity contribution in [3.8, 4) is 11.1 Å². The molecule has 1 fully saturated rings. The number of nitrogens with one attached hydrogen (secondary N) is 1. The smallest absolute Gasteiger partial charge is 0.247 e. The number of hydrogen-bond donors (Lipinski definition) is 1. The van der Waals surface area contributed by atoms with Gasteiger partial charge in [-0.05, 0) is 67.2 Å². The van der Waals surface area contributed by atoms with E-state index in [-0.39, 0.29) is 11.5 Å². The third-order valence-corrected chi connectivity index (χ3v) is 4.68. The first kappa shape index (κ1) is 17.6. The summed E-state index contributed by atoms with van der Waals surface area (Å²) in [5.41, 5.74) is 2.43.